The Bertz CT molecular complexity index is 1500. The third-order valence-electron chi connectivity index (χ3n) is 11.8. The van der Waals surface area contributed by atoms with Crippen molar-refractivity contribution in [3.05, 3.63) is 45.8 Å². The number of hydrogen-bond donors (Lipinski definition) is 2. The highest BCUT2D eigenvalue weighted by atomic mass is 31.2. The van der Waals surface area contributed by atoms with E-state index in [-0.39, 0.29) is 32.6 Å². The molecule has 0 aliphatic heterocycles. The Hall–Kier alpha value is -2.43. The summed E-state index contributed by atoms with van der Waals surface area (Å²) in [6, 6.07) is 2.21. The summed E-state index contributed by atoms with van der Waals surface area (Å²) in [6.45, 7) is 10.2. The van der Waals surface area contributed by atoms with Crippen molar-refractivity contribution in [2.75, 3.05) is 26.4 Å². The van der Waals surface area contributed by atoms with Crippen molar-refractivity contribution in [2.45, 2.75) is 233 Å². The second-order valence-corrected chi connectivity index (χ2v) is 18.9. The lowest BCUT2D eigenvalue weighted by atomic mass is 10.0. The molecule has 0 aromatic carbocycles. The number of carbonyl (C=O) groups is 2. The SMILES string of the molecule is CCCCCc1cc(C)c(CCCCCCCCCCC(=O)OC[C@H](COP(=O)(O)OCCN)OC(=O)CCCCCCCCCCCCc2oc(CCCCC)c(C)c2C)o1. The highest BCUT2D eigenvalue weighted by Crippen LogP contribution is 2.43. The summed E-state index contributed by atoms with van der Waals surface area (Å²) in [4.78, 5) is 35.2. The highest BCUT2D eigenvalue weighted by molar-refractivity contribution is 7.47. The van der Waals surface area contributed by atoms with Crippen LogP contribution in [0.5, 0.6) is 0 Å². The molecule has 0 aliphatic rings. The predicted molar refractivity (Wildman–Crippen MR) is 249 cm³/mol. The molecule has 0 saturated heterocycles. The molecule has 0 radical (unpaired) electrons. The molecule has 0 spiro atoms. The second kappa shape index (κ2) is 34.9. The molecule has 1 unspecified atom stereocenters. The van der Waals surface area contributed by atoms with Crippen LogP contribution in [-0.2, 0) is 58.4 Å². The van der Waals surface area contributed by atoms with E-state index < -0.39 is 32.5 Å². The standard InChI is InChI=1S/C50H88NO10P/c1-6-8-24-30-44-38-41(3)46(59-44)31-26-20-16-14-15-18-22-28-34-49(52)56-39-45(40-58-62(54,55)57-37-36-51)60-50(53)35-29-23-19-13-11-10-12-17-21-27-33-48-43(5)42(4)47(61-48)32-25-9-7-2/h38,45H,6-37,39-40,51H2,1-5H3,(H,54,55)/t45-/m1/s1. The number of unbranched alkanes of at least 4 members (excludes halogenated alkanes) is 20. The van der Waals surface area contributed by atoms with Crippen LogP contribution >= 0.6 is 7.82 Å². The molecule has 0 bridgehead atoms. The number of hydrogen-bond acceptors (Lipinski definition) is 10. The van der Waals surface area contributed by atoms with E-state index in [0.717, 1.165) is 82.1 Å². The van der Waals surface area contributed by atoms with Crippen LogP contribution in [0.2, 0.25) is 0 Å². The highest BCUT2D eigenvalue weighted by Gasteiger charge is 2.26. The van der Waals surface area contributed by atoms with Gasteiger partial charge in [-0.2, -0.15) is 0 Å². The van der Waals surface area contributed by atoms with Gasteiger partial charge < -0.3 is 28.9 Å². The smallest absolute Gasteiger partial charge is 0.466 e. The molecule has 0 aliphatic carbocycles. The van der Waals surface area contributed by atoms with Gasteiger partial charge in [-0.25, -0.2) is 4.57 Å². The minimum Gasteiger partial charge on any atom is -0.466 e. The molecule has 2 atom stereocenters. The molecule has 11 nitrogen and oxygen atoms in total. The lowest BCUT2D eigenvalue weighted by Gasteiger charge is -2.19. The fourth-order valence-corrected chi connectivity index (χ4v) is 8.60. The van der Waals surface area contributed by atoms with Crippen LogP contribution in [0, 0.1) is 20.8 Å². The van der Waals surface area contributed by atoms with Crippen LogP contribution < -0.4 is 5.73 Å². The van der Waals surface area contributed by atoms with Crippen molar-refractivity contribution >= 4 is 19.8 Å². The first-order valence-electron chi connectivity index (χ1n) is 24.8. The number of phosphoric ester groups is 1. The van der Waals surface area contributed by atoms with Crippen LogP contribution in [0.15, 0.2) is 14.9 Å². The van der Waals surface area contributed by atoms with Gasteiger partial charge >= 0.3 is 19.8 Å². The summed E-state index contributed by atoms with van der Waals surface area (Å²) in [7, 11) is -4.40. The number of nitrogens with two attached hydrogens (primary N) is 1. The van der Waals surface area contributed by atoms with Crippen LogP contribution in [0.1, 0.15) is 221 Å². The van der Waals surface area contributed by atoms with Gasteiger partial charge in [0.15, 0.2) is 6.10 Å². The van der Waals surface area contributed by atoms with E-state index in [0.29, 0.717) is 12.8 Å². The van der Waals surface area contributed by atoms with Crippen molar-refractivity contribution < 1.29 is 46.4 Å². The zero-order chi connectivity index (χ0) is 45.3. The molecule has 3 N–H and O–H groups in total. The van der Waals surface area contributed by atoms with Gasteiger partial charge in [0.1, 0.15) is 29.6 Å². The number of ether oxygens (including phenoxy) is 2. The van der Waals surface area contributed by atoms with Crippen LogP contribution in [0.3, 0.4) is 0 Å². The fourth-order valence-electron chi connectivity index (χ4n) is 7.83. The molecule has 0 saturated carbocycles. The van der Waals surface area contributed by atoms with E-state index in [2.05, 4.69) is 40.7 Å². The number of esters is 2. The van der Waals surface area contributed by atoms with Crippen molar-refractivity contribution in [3.8, 4) is 0 Å². The maximum Gasteiger partial charge on any atom is 0.472 e. The third-order valence-corrected chi connectivity index (χ3v) is 12.8. The summed E-state index contributed by atoms with van der Waals surface area (Å²) in [5, 5.41) is 0. The van der Waals surface area contributed by atoms with Gasteiger partial charge in [0.05, 0.1) is 13.2 Å². The molecule has 12 heteroatoms. The minimum atomic E-state index is -4.40. The fraction of sp³-hybridized carbons (Fsp3) is 0.800. The maximum absolute atomic E-state index is 12.7. The van der Waals surface area contributed by atoms with Crippen molar-refractivity contribution in [1.29, 1.82) is 0 Å². The zero-order valence-electron chi connectivity index (χ0n) is 39.8. The average Bonchev–Trinajstić information content (AvgIpc) is 3.74. The van der Waals surface area contributed by atoms with Gasteiger partial charge in [0.25, 0.3) is 0 Å². The summed E-state index contributed by atoms with van der Waals surface area (Å²) in [5.74, 6) is 3.79. The van der Waals surface area contributed by atoms with Gasteiger partial charge in [0, 0.05) is 45.1 Å². The zero-order valence-corrected chi connectivity index (χ0v) is 40.7. The van der Waals surface area contributed by atoms with Crippen LogP contribution in [0.25, 0.3) is 0 Å². The van der Waals surface area contributed by atoms with Gasteiger partial charge in [-0.1, -0.05) is 129 Å². The van der Waals surface area contributed by atoms with Crippen LogP contribution in [-0.4, -0.2) is 49.3 Å². The number of rotatable bonds is 41. The topological polar surface area (TPSA) is 161 Å². The number of phosphoric acid groups is 1. The Morgan fingerprint density at radius 3 is 1.56 bits per heavy atom. The Kier molecular flexibility index (Phi) is 31.4. The van der Waals surface area contributed by atoms with Gasteiger partial charge in [-0.15, -0.1) is 0 Å². The summed E-state index contributed by atoms with van der Waals surface area (Å²) < 4.78 is 45.3. The predicted octanol–water partition coefficient (Wildman–Crippen LogP) is 13.4. The Morgan fingerprint density at radius 1 is 0.597 bits per heavy atom. The van der Waals surface area contributed by atoms with Crippen molar-refractivity contribution in [3.63, 3.8) is 0 Å². The Labute approximate surface area is 376 Å². The van der Waals surface area contributed by atoms with E-state index >= 15 is 0 Å². The molecular weight excluding hydrogens is 806 g/mol. The van der Waals surface area contributed by atoms with Gasteiger partial charge in [-0.05, 0) is 82.1 Å². The molecular formula is C50H88NO10P. The molecule has 2 heterocycles. The molecule has 2 aromatic rings. The van der Waals surface area contributed by atoms with Crippen molar-refractivity contribution in [2.24, 2.45) is 5.73 Å². The quantitative estimate of drug-likeness (QED) is 0.0371. The summed E-state index contributed by atoms with van der Waals surface area (Å²) in [6.07, 6.45) is 30.5. The second-order valence-electron chi connectivity index (χ2n) is 17.5. The molecule has 2 rings (SSSR count). The molecule has 62 heavy (non-hydrogen) atoms. The van der Waals surface area contributed by atoms with E-state index in [1.807, 2.05) is 0 Å². The minimum absolute atomic E-state index is 0.0445. The number of aryl methyl sites for hydroxylation is 5. The van der Waals surface area contributed by atoms with Crippen LogP contribution in [0.4, 0.5) is 0 Å². The molecule has 2 aromatic heterocycles. The van der Waals surface area contributed by atoms with E-state index in [1.165, 1.54) is 125 Å². The van der Waals surface area contributed by atoms with Gasteiger partial charge in [-0.3, -0.25) is 18.6 Å². The third kappa shape index (κ3) is 26.4. The van der Waals surface area contributed by atoms with Crippen molar-refractivity contribution in [1.82, 2.24) is 0 Å². The largest absolute Gasteiger partial charge is 0.472 e. The average molecular weight is 894 g/mol. The Morgan fingerprint density at radius 2 is 1.05 bits per heavy atom. The lowest BCUT2D eigenvalue weighted by molar-refractivity contribution is -0.161. The molecule has 0 amide bonds. The number of carbonyl (C=O) groups excluding carboxylic acids is 2. The molecule has 358 valence electrons. The monoisotopic (exact) mass is 894 g/mol. The Balaban J connectivity index is 1.55. The normalized spacial score (nSPS) is 13.1. The lowest BCUT2D eigenvalue weighted by Crippen LogP contribution is -2.29. The first kappa shape index (κ1) is 55.7. The molecule has 0 fully saturated rings. The summed E-state index contributed by atoms with van der Waals surface area (Å²) >= 11 is 0. The van der Waals surface area contributed by atoms with E-state index in [4.69, 9.17) is 33.1 Å². The van der Waals surface area contributed by atoms with Gasteiger partial charge in [0.2, 0.25) is 0 Å². The first-order valence-corrected chi connectivity index (χ1v) is 26.3. The first-order chi connectivity index (χ1) is 30.0. The van der Waals surface area contributed by atoms with E-state index in [1.54, 1.807) is 0 Å². The van der Waals surface area contributed by atoms with E-state index in [9.17, 15) is 19.0 Å². The maximum atomic E-state index is 12.7. The summed E-state index contributed by atoms with van der Waals surface area (Å²) in [5.41, 5.74) is 9.34. The number of furan rings is 2.